The smallest absolute Gasteiger partial charge is 0.309 e. The minimum absolute atomic E-state index is 0. The zero-order valence-corrected chi connectivity index (χ0v) is 8.64. The first-order valence-corrected chi connectivity index (χ1v) is 3.74. The topological polar surface area (TPSA) is 54.4 Å². The monoisotopic (exact) mass is 160 g/mol. The number of hydrogen-bond acceptors (Lipinski definition) is 2. The van der Waals surface area contributed by atoms with Crippen LogP contribution < -0.4 is 29.6 Å². The Hall–Kier alpha value is 0.910. The maximum Gasteiger partial charge on any atom is 1.00 e. The summed E-state index contributed by atoms with van der Waals surface area (Å²) in [6.07, 6.45) is 0. The summed E-state index contributed by atoms with van der Waals surface area (Å²) in [5.74, 6) is 0.762. The van der Waals surface area contributed by atoms with Crippen molar-refractivity contribution in [3.05, 3.63) is 5.75 Å². The molecule has 0 aromatic rings. The molecule has 0 amide bonds. The average molecular weight is 160 g/mol. The summed E-state index contributed by atoms with van der Waals surface area (Å²) in [6.45, 7) is 3.35. The Bertz CT molecular complexity index is 149. The summed E-state index contributed by atoms with van der Waals surface area (Å²) in [6, 6.07) is 0. The van der Waals surface area contributed by atoms with Crippen molar-refractivity contribution in [2.75, 3.05) is 0 Å². The molecule has 0 heterocycles. The minimum atomic E-state index is -3.85. The summed E-state index contributed by atoms with van der Waals surface area (Å²) >= 11 is 0. The van der Waals surface area contributed by atoms with Gasteiger partial charge in [0.1, 0.15) is 10.1 Å². The van der Waals surface area contributed by atoms with Gasteiger partial charge in [0.05, 0.1) is 0 Å². The van der Waals surface area contributed by atoms with E-state index < -0.39 is 10.1 Å². The molecule has 0 saturated carbocycles. The molecular weight excluding hydrogens is 151 g/mol. The third kappa shape index (κ3) is 12.2. The Morgan fingerprint density at radius 3 is 1.78 bits per heavy atom. The summed E-state index contributed by atoms with van der Waals surface area (Å²) in [7, 11) is -3.85. The van der Waals surface area contributed by atoms with Crippen LogP contribution >= 0.6 is 0 Å². The maximum atomic E-state index is 9.94. The van der Waals surface area contributed by atoms with E-state index in [4.69, 9.17) is 4.55 Å². The van der Waals surface area contributed by atoms with E-state index >= 15 is 0 Å². The van der Waals surface area contributed by atoms with Crippen LogP contribution in [-0.4, -0.2) is 13.0 Å². The molecule has 0 aliphatic carbocycles. The fourth-order valence-corrected chi connectivity index (χ4v) is 1.03. The third-order valence-corrected chi connectivity index (χ3v) is 1.33. The SMILES string of the molecule is CC(C)[CH-]S(=O)(=O)O.[Na+]. The van der Waals surface area contributed by atoms with Crippen LogP contribution in [0.15, 0.2) is 0 Å². The molecule has 0 aliphatic rings. The summed E-state index contributed by atoms with van der Waals surface area (Å²) in [5, 5.41) is 0. The molecule has 0 radical (unpaired) electrons. The molecule has 9 heavy (non-hydrogen) atoms. The molecule has 0 aliphatic heterocycles. The Balaban J connectivity index is 0. The van der Waals surface area contributed by atoms with Gasteiger partial charge in [-0.25, -0.2) is 8.42 Å². The summed E-state index contributed by atoms with van der Waals surface area (Å²) in [5.41, 5.74) is 0. The number of rotatable bonds is 2. The van der Waals surface area contributed by atoms with E-state index in [1.807, 2.05) is 0 Å². The summed E-state index contributed by atoms with van der Waals surface area (Å²) < 4.78 is 28.0. The normalized spacial score (nSPS) is 11.1. The second-order valence-corrected chi connectivity index (χ2v) is 3.20. The van der Waals surface area contributed by atoms with Crippen LogP contribution in [0.2, 0.25) is 0 Å². The Morgan fingerprint density at radius 2 is 1.78 bits per heavy atom. The van der Waals surface area contributed by atoms with Crippen LogP contribution in [0.4, 0.5) is 0 Å². The van der Waals surface area contributed by atoms with Crippen LogP contribution in [0.1, 0.15) is 13.8 Å². The molecule has 0 unspecified atom stereocenters. The van der Waals surface area contributed by atoms with Gasteiger partial charge in [-0.2, -0.15) is 11.7 Å². The van der Waals surface area contributed by atoms with E-state index in [1.54, 1.807) is 13.8 Å². The Morgan fingerprint density at radius 1 is 1.44 bits per heavy atom. The maximum absolute atomic E-state index is 9.94. The minimum Gasteiger partial charge on any atom is -0.309 e. The second kappa shape index (κ2) is 4.68. The molecule has 0 saturated heterocycles. The molecule has 3 nitrogen and oxygen atoms in total. The van der Waals surface area contributed by atoms with Gasteiger partial charge in [0, 0.05) is 0 Å². The molecular formula is C4H9NaO3S. The molecule has 0 aromatic heterocycles. The Kier molecular flexibility index (Phi) is 6.54. The van der Waals surface area contributed by atoms with Gasteiger partial charge in [-0.1, -0.05) is 13.8 Å². The van der Waals surface area contributed by atoms with E-state index in [0.29, 0.717) is 0 Å². The largest absolute Gasteiger partial charge is 1.00 e. The molecule has 5 heteroatoms. The summed E-state index contributed by atoms with van der Waals surface area (Å²) in [4.78, 5) is 0. The quantitative estimate of drug-likeness (QED) is 0.281. The van der Waals surface area contributed by atoms with Crippen molar-refractivity contribution in [3.63, 3.8) is 0 Å². The molecule has 0 aromatic carbocycles. The van der Waals surface area contributed by atoms with Gasteiger partial charge in [-0.05, 0) is 0 Å². The van der Waals surface area contributed by atoms with Gasteiger partial charge in [0.25, 0.3) is 0 Å². The van der Waals surface area contributed by atoms with E-state index in [0.717, 1.165) is 5.75 Å². The Labute approximate surface area is 77.9 Å². The van der Waals surface area contributed by atoms with Crippen LogP contribution in [0.25, 0.3) is 0 Å². The van der Waals surface area contributed by atoms with Crippen molar-refractivity contribution in [3.8, 4) is 0 Å². The molecule has 0 rings (SSSR count). The van der Waals surface area contributed by atoms with Crippen LogP contribution in [0.5, 0.6) is 0 Å². The molecule has 0 bridgehead atoms. The molecule has 1 N–H and O–H groups in total. The van der Waals surface area contributed by atoms with Crippen molar-refractivity contribution in [2.24, 2.45) is 5.92 Å². The van der Waals surface area contributed by atoms with E-state index in [-0.39, 0.29) is 35.5 Å². The third-order valence-electron chi connectivity index (χ3n) is 0.444. The van der Waals surface area contributed by atoms with Gasteiger partial charge < -0.3 is 4.55 Å². The molecule has 0 atom stereocenters. The standard InChI is InChI=1S/C4H9O3S.Na/c1-4(2)3-8(5,6)7;/h3-4H,1-2H3,(H,5,6,7);/q-1;+1. The van der Waals surface area contributed by atoms with Gasteiger partial charge in [0.15, 0.2) is 0 Å². The van der Waals surface area contributed by atoms with E-state index in [2.05, 4.69) is 0 Å². The van der Waals surface area contributed by atoms with Gasteiger partial charge >= 0.3 is 29.6 Å². The van der Waals surface area contributed by atoms with Crippen molar-refractivity contribution in [2.45, 2.75) is 13.8 Å². The van der Waals surface area contributed by atoms with Gasteiger partial charge in [-0.15, -0.1) is 0 Å². The van der Waals surface area contributed by atoms with Crippen molar-refractivity contribution in [1.82, 2.24) is 0 Å². The zero-order chi connectivity index (χ0) is 6.78. The van der Waals surface area contributed by atoms with Gasteiger partial charge in [-0.3, -0.25) is 0 Å². The van der Waals surface area contributed by atoms with Crippen molar-refractivity contribution >= 4 is 10.1 Å². The average Bonchev–Trinajstić information content (AvgIpc) is 1.21. The van der Waals surface area contributed by atoms with Crippen molar-refractivity contribution in [1.29, 1.82) is 0 Å². The first-order valence-electron chi connectivity index (χ1n) is 2.24. The van der Waals surface area contributed by atoms with Crippen molar-refractivity contribution < 1.29 is 42.5 Å². The van der Waals surface area contributed by atoms with Crippen LogP contribution in [0.3, 0.4) is 0 Å². The van der Waals surface area contributed by atoms with Crippen LogP contribution in [-0.2, 0) is 10.1 Å². The van der Waals surface area contributed by atoms with Gasteiger partial charge in [0.2, 0.25) is 0 Å². The van der Waals surface area contributed by atoms with Crippen LogP contribution in [0, 0.1) is 11.7 Å². The predicted octanol–water partition coefficient (Wildman–Crippen LogP) is -2.30. The van der Waals surface area contributed by atoms with E-state index in [9.17, 15) is 8.42 Å². The zero-order valence-electron chi connectivity index (χ0n) is 5.83. The fraction of sp³-hybridized carbons (Fsp3) is 0.750. The molecule has 0 fully saturated rings. The van der Waals surface area contributed by atoms with E-state index in [1.165, 1.54) is 0 Å². The molecule has 50 valence electrons. The number of hydrogen-bond donors (Lipinski definition) is 1. The predicted molar refractivity (Wildman–Crippen MR) is 30.7 cm³/mol. The first kappa shape index (κ1) is 12.6. The fourth-order valence-electron chi connectivity index (χ4n) is 0.344. The molecule has 0 spiro atoms. The second-order valence-electron chi connectivity index (χ2n) is 1.90. The first-order chi connectivity index (χ1) is 3.42.